The van der Waals surface area contributed by atoms with E-state index in [1.807, 2.05) is 60.7 Å². The number of aromatic hydroxyl groups is 1. The molecular formula is C18H15NO3. The highest BCUT2D eigenvalue weighted by molar-refractivity contribution is 5.88. The van der Waals surface area contributed by atoms with E-state index in [4.69, 9.17) is 0 Å². The number of hydrogen-bond donors (Lipinski definition) is 1. The summed E-state index contributed by atoms with van der Waals surface area (Å²) in [4.78, 5) is 10.8. The van der Waals surface area contributed by atoms with Gasteiger partial charge in [-0.25, -0.2) is 0 Å². The van der Waals surface area contributed by atoms with Crippen LogP contribution in [0.4, 0.5) is 0 Å². The minimum atomic E-state index is -0.484. The van der Waals surface area contributed by atoms with E-state index in [-0.39, 0.29) is 17.2 Å². The Kier molecular flexibility index (Phi) is 3.74. The molecule has 0 unspecified atom stereocenters. The number of nitrogens with zero attached hydrogens (tertiary/aromatic N) is 1. The van der Waals surface area contributed by atoms with E-state index in [1.165, 1.54) is 0 Å². The Morgan fingerprint density at radius 2 is 1.64 bits per heavy atom. The van der Waals surface area contributed by atoms with Crippen molar-refractivity contribution in [2.24, 2.45) is 0 Å². The Morgan fingerprint density at radius 3 is 2.36 bits per heavy atom. The van der Waals surface area contributed by atoms with Gasteiger partial charge in [-0.1, -0.05) is 60.7 Å². The van der Waals surface area contributed by atoms with Crippen molar-refractivity contribution in [3.63, 3.8) is 0 Å². The van der Waals surface area contributed by atoms with Crippen LogP contribution in [0.1, 0.15) is 17.0 Å². The molecular weight excluding hydrogens is 278 g/mol. The summed E-state index contributed by atoms with van der Waals surface area (Å²) in [7, 11) is 0. The topological polar surface area (TPSA) is 63.4 Å². The third-order valence-electron chi connectivity index (χ3n) is 3.83. The first-order valence-electron chi connectivity index (χ1n) is 7.04. The van der Waals surface area contributed by atoms with Gasteiger partial charge in [0.2, 0.25) is 6.54 Å². The lowest BCUT2D eigenvalue weighted by Gasteiger charge is -2.17. The zero-order valence-corrected chi connectivity index (χ0v) is 11.8. The van der Waals surface area contributed by atoms with Crippen molar-refractivity contribution in [3.05, 3.63) is 88.0 Å². The summed E-state index contributed by atoms with van der Waals surface area (Å²) in [6.07, 6.45) is 0. The van der Waals surface area contributed by atoms with Crippen LogP contribution in [0.2, 0.25) is 0 Å². The molecule has 0 saturated heterocycles. The van der Waals surface area contributed by atoms with Gasteiger partial charge in [0.25, 0.3) is 0 Å². The first-order chi connectivity index (χ1) is 10.7. The molecule has 3 rings (SSSR count). The van der Waals surface area contributed by atoms with Gasteiger partial charge < -0.3 is 5.11 Å². The Bertz CT molecular complexity index is 815. The number of fused-ring (bicyclic) bond motifs is 1. The molecule has 22 heavy (non-hydrogen) atoms. The monoisotopic (exact) mass is 293 g/mol. The molecule has 0 aromatic heterocycles. The molecule has 3 aromatic carbocycles. The van der Waals surface area contributed by atoms with Crippen molar-refractivity contribution < 1.29 is 10.0 Å². The zero-order valence-electron chi connectivity index (χ0n) is 11.8. The molecule has 0 spiro atoms. The van der Waals surface area contributed by atoms with Crippen molar-refractivity contribution >= 4 is 10.8 Å². The number of nitro groups is 1. The quantitative estimate of drug-likeness (QED) is 0.585. The molecule has 0 heterocycles. The van der Waals surface area contributed by atoms with E-state index in [0.717, 1.165) is 16.3 Å². The third-order valence-corrected chi connectivity index (χ3v) is 3.83. The number of phenolic OH excluding ortho intramolecular Hbond substituents is 1. The summed E-state index contributed by atoms with van der Waals surface area (Å²) >= 11 is 0. The maximum atomic E-state index is 11.1. The largest absolute Gasteiger partial charge is 0.508 e. The van der Waals surface area contributed by atoms with E-state index >= 15 is 0 Å². The van der Waals surface area contributed by atoms with Crippen LogP contribution < -0.4 is 0 Å². The average Bonchev–Trinajstić information content (AvgIpc) is 2.54. The lowest BCUT2D eigenvalue weighted by Crippen LogP contribution is -2.14. The standard InChI is InChI=1S/C18H15NO3/c20-17-11-10-14-8-4-5-9-15(14)18(17)16(12-19(21)22)13-6-2-1-3-7-13/h1-11,16,20H,12H2/t16-/m0/s1. The van der Waals surface area contributed by atoms with Crippen LogP contribution >= 0.6 is 0 Å². The van der Waals surface area contributed by atoms with Gasteiger partial charge in [0, 0.05) is 10.5 Å². The highest BCUT2D eigenvalue weighted by atomic mass is 16.6. The summed E-state index contributed by atoms with van der Waals surface area (Å²) in [5.41, 5.74) is 1.44. The Morgan fingerprint density at radius 1 is 0.955 bits per heavy atom. The average molecular weight is 293 g/mol. The normalized spacial score (nSPS) is 12.2. The first kappa shape index (κ1) is 14.1. The lowest BCUT2D eigenvalue weighted by atomic mass is 9.87. The molecule has 3 aromatic rings. The Labute approximate surface area is 127 Å². The van der Waals surface area contributed by atoms with Gasteiger partial charge in [0.15, 0.2) is 0 Å². The number of phenols is 1. The molecule has 0 amide bonds. The van der Waals surface area contributed by atoms with Gasteiger partial charge in [-0.2, -0.15) is 0 Å². The zero-order chi connectivity index (χ0) is 15.5. The summed E-state index contributed by atoms with van der Waals surface area (Å²) in [6.45, 7) is -0.258. The molecule has 0 aliphatic carbocycles. The van der Waals surface area contributed by atoms with Crippen LogP contribution in [0.5, 0.6) is 5.75 Å². The van der Waals surface area contributed by atoms with Crippen molar-refractivity contribution in [1.82, 2.24) is 0 Å². The summed E-state index contributed by atoms with van der Waals surface area (Å²) in [6, 6.07) is 20.3. The molecule has 4 nitrogen and oxygen atoms in total. The highest BCUT2D eigenvalue weighted by Gasteiger charge is 2.25. The van der Waals surface area contributed by atoms with Gasteiger partial charge in [-0.15, -0.1) is 0 Å². The van der Waals surface area contributed by atoms with Crippen molar-refractivity contribution in [2.75, 3.05) is 6.54 Å². The fourth-order valence-corrected chi connectivity index (χ4v) is 2.85. The van der Waals surface area contributed by atoms with Gasteiger partial charge in [-0.3, -0.25) is 10.1 Å². The second-order valence-electron chi connectivity index (χ2n) is 5.20. The van der Waals surface area contributed by atoms with Gasteiger partial charge in [0.1, 0.15) is 5.75 Å². The van der Waals surface area contributed by atoms with E-state index in [2.05, 4.69) is 0 Å². The molecule has 0 saturated carbocycles. The Balaban J connectivity index is 2.24. The number of hydrogen-bond acceptors (Lipinski definition) is 3. The SMILES string of the molecule is O=[N+]([O-])C[C@@H](c1ccccc1)c1c(O)ccc2ccccc12. The molecule has 0 fully saturated rings. The number of benzene rings is 3. The minimum absolute atomic E-state index is 0.0920. The van der Waals surface area contributed by atoms with Gasteiger partial charge >= 0.3 is 0 Å². The fourth-order valence-electron chi connectivity index (χ4n) is 2.85. The van der Waals surface area contributed by atoms with Crippen LogP contribution in [0.15, 0.2) is 66.7 Å². The molecule has 4 heteroatoms. The summed E-state index contributed by atoms with van der Waals surface area (Å²) in [5.74, 6) is -0.392. The van der Waals surface area contributed by atoms with Crippen LogP contribution in [0, 0.1) is 10.1 Å². The van der Waals surface area contributed by atoms with E-state index in [9.17, 15) is 15.2 Å². The van der Waals surface area contributed by atoms with E-state index < -0.39 is 5.92 Å². The second-order valence-corrected chi connectivity index (χ2v) is 5.20. The van der Waals surface area contributed by atoms with E-state index in [0.29, 0.717) is 5.56 Å². The predicted octanol–water partition coefficient (Wildman–Crippen LogP) is 3.95. The third kappa shape index (κ3) is 2.63. The minimum Gasteiger partial charge on any atom is -0.508 e. The smallest absolute Gasteiger partial charge is 0.214 e. The molecule has 1 N–H and O–H groups in total. The van der Waals surface area contributed by atoms with Crippen molar-refractivity contribution in [1.29, 1.82) is 0 Å². The van der Waals surface area contributed by atoms with Crippen LogP contribution in [0.3, 0.4) is 0 Å². The molecule has 0 aliphatic rings. The van der Waals surface area contributed by atoms with Crippen molar-refractivity contribution in [3.8, 4) is 5.75 Å². The van der Waals surface area contributed by atoms with E-state index in [1.54, 1.807) is 6.07 Å². The van der Waals surface area contributed by atoms with Crippen LogP contribution in [-0.4, -0.2) is 16.6 Å². The van der Waals surface area contributed by atoms with Gasteiger partial charge in [-0.05, 0) is 22.4 Å². The van der Waals surface area contributed by atoms with Crippen LogP contribution in [0.25, 0.3) is 10.8 Å². The molecule has 0 aliphatic heterocycles. The van der Waals surface area contributed by atoms with Gasteiger partial charge in [0.05, 0.1) is 5.92 Å². The highest BCUT2D eigenvalue weighted by Crippen LogP contribution is 2.37. The lowest BCUT2D eigenvalue weighted by molar-refractivity contribution is -0.481. The maximum absolute atomic E-state index is 11.1. The summed E-state index contributed by atoms with van der Waals surface area (Å²) in [5, 5.41) is 23.3. The van der Waals surface area contributed by atoms with Crippen LogP contribution in [-0.2, 0) is 0 Å². The van der Waals surface area contributed by atoms with Crippen molar-refractivity contribution in [2.45, 2.75) is 5.92 Å². The molecule has 0 bridgehead atoms. The number of rotatable bonds is 4. The maximum Gasteiger partial charge on any atom is 0.214 e. The first-order valence-corrected chi connectivity index (χ1v) is 7.04. The molecule has 0 radical (unpaired) electrons. The molecule has 1 atom stereocenters. The summed E-state index contributed by atoms with van der Waals surface area (Å²) < 4.78 is 0. The Hall–Kier alpha value is -2.88. The molecule has 110 valence electrons. The fraction of sp³-hybridized carbons (Fsp3) is 0.111. The second kappa shape index (κ2) is 5.85. The predicted molar refractivity (Wildman–Crippen MR) is 85.8 cm³/mol.